The number of rotatable bonds is 34. The molecule has 0 aliphatic heterocycles. The van der Waals surface area contributed by atoms with Gasteiger partial charge in [0, 0.05) is 12.8 Å². The first-order valence-electron chi connectivity index (χ1n) is 20.3. The van der Waals surface area contributed by atoms with E-state index >= 15 is 0 Å². The van der Waals surface area contributed by atoms with E-state index in [9.17, 15) is 19.0 Å². The van der Waals surface area contributed by atoms with E-state index in [-0.39, 0.29) is 26.1 Å². The number of hydrogen-bond acceptors (Lipinski definition) is 8. The van der Waals surface area contributed by atoms with Crippen LogP contribution in [-0.4, -0.2) is 70.0 Å². The van der Waals surface area contributed by atoms with Crippen LogP contribution >= 0.6 is 7.82 Å². The maximum absolute atomic E-state index is 12.6. The standard InChI is InChI=1S/C46H72NO8P/c1-6-8-10-12-14-16-18-20-21-22-23-24-25-27-28-30-32-34-36-38-45(48)52-42-44(43-54-56(50,51)53-41-40-47(3,4)5)55-46(49)39-37-35-33-31-29-26-19-17-15-13-11-9-7-2/h8-11,13-17,19-21,23-24,26-29,31,33,44H,6-7,12,18,22,25,30,32,34-43H2,1-5H3/b10-8+,11-9+,15-13+,16-14+,19-17+,21-20+,24-23+,28-27+,29-26+,33-31+. The average Bonchev–Trinajstić information content (AvgIpc) is 3.15. The van der Waals surface area contributed by atoms with Gasteiger partial charge in [0.05, 0.1) is 27.7 Å². The minimum absolute atomic E-state index is 0.0581. The van der Waals surface area contributed by atoms with Crippen LogP contribution < -0.4 is 4.89 Å². The summed E-state index contributed by atoms with van der Waals surface area (Å²) in [5.74, 6) is -0.977. The van der Waals surface area contributed by atoms with Crippen molar-refractivity contribution in [1.82, 2.24) is 0 Å². The fraction of sp³-hybridized carbons (Fsp3) is 0.522. The van der Waals surface area contributed by atoms with Crippen molar-refractivity contribution in [2.75, 3.05) is 47.5 Å². The predicted octanol–water partition coefficient (Wildman–Crippen LogP) is 10.7. The molecule has 56 heavy (non-hydrogen) atoms. The molecule has 0 rings (SSSR count). The van der Waals surface area contributed by atoms with E-state index in [0.29, 0.717) is 30.3 Å². The molecule has 0 bridgehead atoms. The van der Waals surface area contributed by atoms with Crippen LogP contribution in [0.2, 0.25) is 0 Å². The highest BCUT2D eigenvalue weighted by molar-refractivity contribution is 7.45. The Balaban J connectivity index is 4.58. The van der Waals surface area contributed by atoms with Gasteiger partial charge in [-0.25, -0.2) is 0 Å². The summed E-state index contributed by atoms with van der Waals surface area (Å²) in [5, 5.41) is 0. The zero-order chi connectivity index (χ0) is 41.4. The number of likely N-dealkylation sites (N-methyl/N-ethyl adjacent to an activating group) is 1. The Bertz CT molecular complexity index is 1360. The number of phosphoric ester groups is 1. The van der Waals surface area contributed by atoms with E-state index in [2.05, 4.69) is 80.7 Å². The lowest BCUT2D eigenvalue weighted by molar-refractivity contribution is -0.870. The molecule has 0 amide bonds. The minimum Gasteiger partial charge on any atom is -0.756 e. The second kappa shape index (κ2) is 37.0. The highest BCUT2D eigenvalue weighted by Crippen LogP contribution is 2.38. The van der Waals surface area contributed by atoms with Gasteiger partial charge in [-0.1, -0.05) is 142 Å². The molecule has 0 fully saturated rings. The van der Waals surface area contributed by atoms with Crippen LogP contribution in [0, 0.1) is 0 Å². The zero-order valence-electron chi connectivity index (χ0n) is 35.0. The lowest BCUT2D eigenvalue weighted by atomic mass is 10.1. The molecule has 0 aromatic rings. The van der Waals surface area contributed by atoms with E-state index in [0.717, 1.165) is 57.8 Å². The Morgan fingerprint density at radius 2 is 1.07 bits per heavy atom. The number of quaternary nitrogens is 1. The average molecular weight is 798 g/mol. The normalized spacial score (nSPS) is 14.9. The lowest BCUT2D eigenvalue weighted by Gasteiger charge is -2.28. The van der Waals surface area contributed by atoms with Gasteiger partial charge in [0.2, 0.25) is 0 Å². The number of ether oxygens (including phenoxy) is 2. The van der Waals surface area contributed by atoms with Crippen molar-refractivity contribution in [3.63, 3.8) is 0 Å². The second-order valence-electron chi connectivity index (χ2n) is 14.0. The minimum atomic E-state index is -4.66. The van der Waals surface area contributed by atoms with Gasteiger partial charge in [-0.05, 0) is 70.6 Å². The van der Waals surface area contributed by atoms with Crippen LogP contribution in [0.1, 0.15) is 104 Å². The summed E-state index contributed by atoms with van der Waals surface area (Å²) < 4.78 is 33.7. The molecule has 0 saturated carbocycles. The SMILES string of the molecule is CC/C=C/C=C/C=C/C=C/C=C/CCCC(=O)OC(COC(=O)CCCCC/C=C/C/C=C/C/C=C/C/C=C/C/C=C/CC)COP(=O)([O-])OCC[N+](C)(C)C. The first-order chi connectivity index (χ1) is 27.0. The molecule has 0 radical (unpaired) electrons. The molecule has 9 nitrogen and oxygen atoms in total. The first kappa shape index (κ1) is 52.4. The predicted molar refractivity (Wildman–Crippen MR) is 231 cm³/mol. The molecule has 0 aliphatic carbocycles. The quantitative estimate of drug-likeness (QED) is 0.0158. The van der Waals surface area contributed by atoms with Crippen LogP contribution in [-0.2, 0) is 32.7 Å². The van der Waals surface area contributed by atoms with Crippen molar-refractivity contribution in [2.45, 2.75) is 110 Å². The molecule has 0 aromatic carbocycles. The number of allylic oxidation sites excluding steroid dienone is 20. The first-order valence-corrected chi connectivity index (χ1v) is 21.8. The number of phosphoric acid groups is 1. The third-order valence-electron chi connectivity index (χ3n) is 7.61. The Morgan fingerprint density at radius 1 is 0.571 bits per heavy atom. The molecule has 0 heterocycles. The van der Waals surface area contributed by atoms with Gasteiger partial charge in [-0.2, -0.15) is 0 Å². The van der Waals surface area contributed by atoms with Gasteiger partial charge in [-0.15, -0.1) is 0 Å². The summed E-state index contributed by atoms with van der Waals surface area (Å²) >= 11 is 0. The maximum atomic E-state index is 12.6. The van der Waals surface area contributed by atoms with Crippen LogP contribution in [0.3, 0.4) is 0 Å². The molecule has 0 spiro atoms. The Hall–Kier alpha value is -3.59. The van der Waals surface area contributed by atoms with E-state index in [4.69, 9.17) is 18.5 Å². The molecule has 2 atom stereocenters. The number of nitrogens with zero attached hydrogens (tertiary/aromatic N) is 1. The Labute approximate surface area is 339 Å². The molecule has 0 aliphatic rings. The molecule has 0 aromatic heterocycles. The largest absolute Gasteiger partial charge is 0.756 e. The third-order valence-corrected chi connectivity index (χ3v) is 8.57. The summed E-state index contributed by atoms with van der Waals surface area (Å²) in [6.07, 6.45) is 51.0. The summed E-state index contributed by atoms with van der Waals surface area (Å²) in [4.78, 5) is 37.4. The smallest absolute Gasteiger partial charge is 0.306 e. The molecular weight excluding hydrogens is 725 g/mol. The van der Waals surface area contributed by atoms with Crippen LogP contribution in [0.4, 0.5) is 0 Å². The Morgan fingerprint density at radius 3 is 1.64 bits per heavy atom. The highest BCUT2D eigenvalue weighted by Gasteiger charge is 2.21. The van der Waals surface area contributed by atoms with E-state index in [1.54, 1.807) is 0 Å². The number of carbonyl (C=O) groups excluding carboxylic acids is 2. The number of esters is 2. The number of hydrogen-bond donors (Lipinski definition) is 0. The third kappa shape index (κ3) is 40.1. The van der Waals surface area contributed by atoms with E-state index in [1.807, 2.05) is 75.8 Å². The van der Waals surface area contributed by atoms with E-state index < -0.39 is 32.5 Å². The van der Waals surface area contributed by atoms with Gasteiger partial charge in [0.15, 0.2) is 6.10 Å². The Kier molecular flexibility index (Phi) is 34.6. The molecule has 2 unspecified atom stereocenters. The summed E-state index contributed by atoms with van der Waals surface area (Å²) in [5.41, 5.74) is 0. The fourth-order valence-corrected chi connectivity index (χ4v) is 5.20. The number of carbonyl (C=O) groups is 2. The maximum Gasteiger partial charge on any atom is 0.306 e. The summed E-state index contributed by atoms with van der Waals surface area (Å²) in [7, 11) is 1.07. The molecule has 0 N–H and O–H groups in total. The molecule has 0 saturated heterocycles. The fourth-order valence-electron chi connectivity index (χ4n) is 4.47. The summed E-state index contributed by atoms with van der Waals surface area (Å²) in [6.45, 7) is 3.79. The van der Waals surface area contributed by atoms with E-state index in [1.165, 1.54) is 0 Å². The molecule has 314 valence electrons. The lowest BCUT2D eigenvalue weighted by Crippen LogP contribution is -2.37. The van der Waals surface area contributed by atoms with Gasteiger partial charge >= 0.3 is 11.9 Å². The zero-order valence-corrected chi connectivity index (χ0v) is 35.9. The van der Waals surface area contributed by atoms with Crippen molar-refractivity contribution < 1.29 is 42.1 Å². The molecular formula is C46H72NO8P. The van der Waals surface area contributed by atoms with Crippen molar-refractivity contribution in [3.8, 4) is 0 Å². The van der Waals surface area contributed by atoms with Gasteiger partial charge in [0.25, 0.3) is 7.82 Å². The van der Waals surface area contributed by atoms with Gasteiger partial charge in [-0.3, -0.25) is 14.2 Å². The topological polar surface area (TPSA) is 111 Å². The molecule has 10 heteroatoms. The van der Waals surface area contributed by atoms with Crippen LogP contribution in [0.25, 0.3) is 0 Å². The van der Waals surface area contributed by atoms with Crippen molar-refractivity contribution in [1.29, 1.82) is 0 Å². The van der Waals surface area contributed by atoms with Crippen molar-refractivity contribution in [2.24, 2.45) is 0 Å². The van der Waals surface area contributed by atoms with Crippen LogP contribution in [0.5, 0.6) is 0 Å². The second-order valence-corrected chi connectivity index (χ2v) is 15.4. The van der Waals surface area contributed by atoms with Gasteiger partial charge in [0.1, 0.15) is 19.8 Å². The monoisotopic (exact) mass is 797 g/mol. The number of unbranched alkanes of at least 4 members (excludes halogenated alkanes) is 4. The summed E-state index contributed by atoms with van der Waals surface area (Å²) in [6, 6.07) is 0. The van der Waals surface area contributed by atoms with Gasteiger partial charge < -0.3 is 27.9 Å². The van der Waals surface area contributed by atoms with Crippen molar-refractivity contribution in [3.05, 3.63) is 122 Å². The van der Waals surface area contributed by atoms with Crippen LogP contribution in [0.15, 0.2) is 122 Å². The van der Waals surface area contributed by atoms with Crippen molar-refractivity contribution >= 4 is 19.8 Å². The highest BCUT2D eigenvalue weighted by atomic mass is 31.2.